The van der Waals surface area contributed by atoms with Crippen molar-refractivity contribution < 1.29 is 27.8 Å². The van der Waals surface area contributed by atoms with Crippen LogP contribution in [0.25, 0.3) is 11.1 Å². The first kappa shape index (κ1) is 27.9. The summed E-state index contributed by atoms with van der Waals surface area (Å²) in [5.74, 6) is 0.780. The second-order valence-electron chi connectivity index (χ2n) is 11.5. The van der Waals surface area contributed by atoms with Gasteiger partial charge in [0, 0.05) is 36.5 Å². The van der Waals surface area contributed by atoms with Crippen molar-refractivity contribution in [3.63, 3.8) is 0 Å². The van der Waals surface area contributed by atoms with Gasteiger partial charge in [-0.15, -0.1) is 0 Å². The summed E-state index contributed by atoms with van der Waals surface area (Å²) < 4.78 is 47.2. The predicted molar refractivity (Wildman–Crippen MR) is 142 cm³/mol. The average Bonchev–Trinajstić information content (AvgIpc) is 3.63. The zero-order valence-electron chi connectivity index (χ0n) is 22.3. The molecule has 3 aliphatic rings. The Balaban J connectivity index is 1.09. The summed E-state index contributed by atoms with van der Waals surface area (Å²) in [7, 11) is 0. The summed E-state index contributed by atoms with van der Waals surface area (Å²) in [6.07, 6.45) is 2.88. The average molecular weight is 546 g/mol. The van der Waals surface area contributed by atoms with Gasteiger partial charge in [0.1, 0.15) is 0 Å². The van der Waals surface area contributed by atoms with Gasteiger partial charge in [0.05, 0.1) is 24.7 Å². The Bertz CT molecular complexity index is 1090. The monoisotopic (exact) mass is 545 g/mol. The van der Waals surface area contributed by atoms with E-state index in [0.29, 0.717) is 56.4 Å². The molecule has 0 radical (unpaired) electrons. The molecular weight excluding hydrogens is 507 g/mol. The van der Waals surface area contributed by atoms with Crippen LogP contribution >= 0.6 is 0 Å². The van der Waals surface area contributed by atoms with Crippen molar-refractivity contribution in [2.75, 3.05) is 39.4 Å². The molecule has 2 aliphatic heterocycles. The van der Waals surface area contributed by atoms with Gasteiger partial charge in [-0.25, -0.2) is 4.98 Å². The topological polar surface area (TPSA) is 65.9 Å². The van der Waals surface area contributed by atoms with Crippen LogP contribution < -0.4 is 4.74 Å². The number of halogens is 3. The van der Waals surface area contributed by atoms with Crippen molar-refractivity contribution >= 4 is 5.91 Å². The quantitative estimate of drug-likeness (QED) is 0.471. The standard InChI is InChI=1S/C30H38F3N3O3/c31-30(32,33)29(13-1-2-14-29)21-35-16-11-22(12-17-35)20-39-27-10-9-25(18-34-27)23-5-7-24(8-6-23)28(38)36-15-3-4-26(36)19-37/h5-10,18,22,26,37H,1-4,11-17,19-21H2. The molecule has 1 amide bonds. The van der Waals surface area contributed by atoms with Crippen LogP contribution in [-0.2, 0) is 0 Å². The number of aromatic nitrogens is 1. The maximum absolute atomic E-state index is 13.7. The van der Waals surface area contributed by atoms with Crippen LogP contribution in [0.5, 0.6) is 5.88 Å². The van der Waals surface area contributed by atoms with Gasteiger partial charge in [0.15, 0.2) is 0 Å². The van der Waals surface area contributed by atoms with Crippen LogP contribution in [0.3, 0.4) is 0 Å². The van der Waals surface area contributed by atoms with E-state index in [1.54, 1.807) is 11.1 Å². The maximum Gasteiger partial charge on any atom is 0.395 e. The fourth-order valence-electron chi connectivity index (χ4n) is 6.43. The maximum atomic E-state index is 13.7. The smallest absolute Gasteiger partial charge is 0.395 e. The summed E-state index contributed by atoms with van der Waals surface area (Å²) in [6.45, 7) is 2.65. The zero-order chi connectivity index (χ0) is 27.5. The number of hydrogen-bond acceptors (Lipinski definition) is 5. The van der Waals surface area contributed by atoms with E-state index in [1.807, 2.05) is 41.3 Å². The molecule has 2 saturated heterocycles. The van der Waals surface area contributed by atoms with Crippen LogP contribution in [0.4, 0.5) is 13.2 Å². The molecule has 1 aliphatic carbocycles. The Morgan fingerprint density at radius 3 is 2.28 bits per heavy atom. The van der Waals surface area contributed by atoms with Crippen LogP contribution in [0.1, 0.15) is 61.7 Å². The van der Waals surface area contributed by atoms with Gasteiger partial charge in [-0.1, -0.05) is 25.0 Å². The van der Waals surface area contributed by atoms with Gasteiger partial charge in [0.25, 0.3) is 5.91 Å². The first-order chi connectivity index (χ1) is 18.8. The second kappa shape index (κ2) is 11.8. The van der Waals surface area contributed by atoms with Gasteiger partial charge in [-0.2, -0.15) is 13.2 Å². The van der Waals surface area contributed by atoms with E-state index in [0.717, 1.165) is 36.8 Å². The number of benzene rings is 1. The van der Waals surface area contributed by atoms with Crippen molar-refractivity contribution in [2.24, 2.45) is 11.3 Å². The number of piperidine rings is 1. The molecule has 3 fully saturated rings. The van der Waals surface area contributed by atoms with E-state index in [9.17, 15) is 23.1 Å². The Labute approximate surface area is 228 Å². The minimum absolute atomic E-state index is 0.00824. The molecule has 1 aromatic carbocycles. The van der Waals surface area contributed by atoms with Gasteiger partial charge in [-0.05, 0) is 81.3 Å². The molecule has 6 nitrogen and oxygen atoms in total. The third-order valence-corrected chi connectivity index (χ3v) is 8.91. The third-order valence-electron chi connectivity index (χ3n) is 8.91. The minimum Gasteiger partial charge on any atom is -0.477 e. The van der Waals surface area contributed by atoms with E-state index in [4.69, 9.17) is 4.74 Å². The molecule has 1 unspecified atom stereocenters. The lowest BCUT2D eigenvalue weighted by molar-refractivity contribution is -0.228. The molecule has 1 saturated carbocycles. The van der Waals surface area contributed by atoms with Crippen LogP contribution in [0.2, 0.25) is 0 Å². The first-order valence-corrected chi connectivity index (χ1v) is 14.2. The van der Waals surface area contributed by atoms with E-state index in [-0.39, 0.29) is 37.9 Å². The van der Waals surface area contributed by atoms with E-state index >= 15 is 0 Å². The number of rotatable bonds is 8. The molecule has 2 aromatic rings. The minimum atomic E-state index is -4.13. The molecule has 0 bridgehead atoms. The van der Waals surface area contributed by atoms with Crippen LogP contribution in [0.15, 0.2) is 42.6 Å². The first-order valence-electron chi connectivity index (χ1n) is 14.2. The highest BCUT2D eigenvalue weighted by Gasteiger charge is 2.56. The lowest BCUT2D eigenvalue weighted by atomic mass is 9.83. The molecular formula is C30H38F3N3O3. The van der Waals surface area contributed by atoms with E-state index in [2.05, 4.69) is 4.98 Å². The predicted octanol–water partition coefficient (Wildman–Crippen LogP) is 5.56. The second-order valence-corrected chi connectivity index (χ2v) is 11.5. The number of hydrogen-bond donors (Lipinski definition) is 1. The Morgan fingerprint density at radius 1 is 0.974 bits per heavy atom. The number of aliphatic hydroxyl groups is 1. The van der Waals surface area contributed by atoms with E-state index < -0.39 is 11.6 Å². The summed E-state index contributed by atoms with van der Waals surface area (Å²) in [5.41, 5.74) is 0.941. The number of nitrogens with zero attached hydrogens (tertiary/aromatic N) is 3. The van der Waals surface area contributed by atoms with Crippen molar-refractivity contribution in [2.45, 2.75) is 63.6 Å². The highest BCUT2D eigenvalue weighted by atomic mass is 19.4. The Morgan fingerprint density at radius 2 is 1.67 bits per heavy atom. The number of pyridine rings is 1. The van der Waals surface area contributed by atoms with Gasteiger partial charge < -0.3 is 19.6 Å². The highest BCUT2D eigenvalue weighted by molar-refractivity contribution is 5.95. The number of alkyl halides is 3. The van der Waals surface area contributed by atoms with Crippen LogP contribution in [-0.4, -0.2) is 77.4 Å². The van der Waals surface area contributed by atoms with Gasteiger partial charge >= 0.3 is 6.18 Å². The van der Waals surface area contributed by atoms with Gasteiger partial charge in [-0.3, -0.25) is 4.79 Å². The number of ether oxygens (including phenoxy) is 1. The largest absolute Gasteiger partial charge is 0.477 e. The Hall–Kier alpha value is -2.65. The van der Waals surface area contributed by atoms with E-state index in [1.165, 1.54) is 0 Å². The van der Waals surface area contributed by atoms with Crippen LogP contribution in [0, 0.1) is 11.3 Å². The molecule has 3 heterocycles. The van der Waals surface area contributed by atoms with Crippen molar-refractivity contribution in [1.82, 2.24) is 14.8 Å². The number of amides is 1. The number of carbonyl (C=O) groups is 1. The fourth-order valence-corrected chi connectivity index (χ4v) is 6.43. The van der Waals surface area contributed by atoms with Gasteiger partial charge in [0.2, 0.25) is 5.88 Å². The lowest BCUT2D eigenvalue weighted by Crippen LogP contribution is -2.48. The number of carbonyl (C=O) groups excluding carboxylic acids is 1. The fraction of sp³-hybridized carbons (Fsp3) is 0.600. The molecule has 1 N–H and O–H groups in total. The molecule has 39 heavy (non-hydrogen) atoms. The molecule has 5 rings (SSSR count). The molecule has 1 aromatic heterocycles. The molecule has 0 spiro atoms. The zero-order valence-corrected chi connectivity index (χ0v) is 22.3. The molecule has 212 valence electrons. The number of likely N-dealkylation sites (tertiary alicyclic amines) is 2. The normalized spacial score (nSPS) is 22.4. The number of aliphatic hydroxyl groups excluding tert-OH is 1. The lowest BCUT2D eigenvalue weighted by Gasteiger charge is -2.40. The van der Waals surface area contributed by atoms with Crippen molar-refractivity contribution in [3.8, 4) is 17.0 Å². The Kier molecular flexibility index (Phi) is 8.47. The summed E-state index contributed by atoms with van der Waals surface area (Å²) >= 11 is 0. The highest BCUT2D eigenvalue weighted by Crippen LogP contribution is 2.51. The molecule has 9 heteroatoms. The summed E-state index contributed by atoms with van der Waals surface area (Å²) in [5, 5.41) is 9.50. The summed E-state index contributed by atoms with van der Waals surface area (Å²) in [4.78, 5) is 21.0. The van der Waals surface area contributed by atoms with Crippen molar-refractivity contribution in [1.29, 1.82) is 0 Å². The molecule has 1 atom stereocenters. The SMILES string of the molecule is O=C(c1ccc(-c2ccc(OCC3CCN(CC4(C(F)(F)F)CCCC4)CC3)nc2)cc1)N1CCCC1CO. The third kappa shape index (κ3) is 6.24. The van der Waals surface area contributed by atoms with Crippen molar-refractivity contribution in [3.05, 3.63) is 48.2 Å². The summed E-state index contributed by atoms with van der Waals surface area (Å²) in [6, 6.07) is 11.1.